The molecule has 1 N–H and O–H groups in total. The zero-order valence-corrected chi connectivity index (χ0v) is 12.6. The van der Waals surface area contributed by atoms with Crippen LogP contribution in [0.3, 0.4) is 0 Å². The fourth-order valence-electron chi connectivity index (χ4n) is 2.64. The van der Waals surface area contributed by atoms with Crippen molar-refractivity contribution in [2.75, 3.05) is 5.32 Å². The molecule has 0 saturated heterocycles. The summed E-state index contributed by atoms with van der Waals surface area (Å²) in [6.45, 7) is 3.93. The molecule has 1 unspecified atom stereocenters. The number of carbonyl (C=O) groups is 2. The lowest BCUT2D eigenvalue weighted by atomic mass is 9.98. The van der Waals surface area contributed by atoms with Crippen LogP contribution < -0.4 is 5.32 Å². The van der Waals surface area contributed by atoms with Crippen molar-refractivity contribution in [2.45, 2.75) is 26.4 Å². The third-order valence-electron chi connectivity index (χ3n) is 3.82. The number of cyclic esters (lactones) is 1. The Balaban J connectivity index is 1.78. The van der Waals surface area contributed by atoms with Crippen LogP contribution in [0.1, 0.15) is 27.0 Å². The van der Waals surface area contributed by atoms with Crippen LogP contribution in [0.15, 0.2) is 42.5 Å². The van der Waals surface area contributed by atoms with E-state index in [1.165, 1.54) is 0 Å². The van der Waals surface area contributed by atoms with Gasteiger partial charge in [0.05, 0.1) is 5.56 Å². The van der Waals surface area contributed by atoms with E-state index in [9.17, 15) is 9.59 Å². The van der Waals surface area contributed by atoms with Crippen molar-refractivity contribution in [3.8, 4) is 0 Å². The molecule has 1 aliphatic heterocycles. The summed E-state index contributed by atoms with van der Waals surface area (Å²) in [4.78, 5) is 24.3. The molecular formula is C18H17NO3. The molecule has 4 nitrogen and oxygen atoms in total. The SMILES string of the molecule is Cc1ccc(NC(=O)C2Cc3ccccc3C(=O)O2)c(C)c1. The highest BCUT2D eigenvalue weighted by atomic mass is 16.5. The second kappa shape index (κ2) is 5.64. The van der Waals surface area contributed by atoms with E-state index in [1.54, 1.807) is 12.1 Å². The number of carbonyl (C=O) groups excluding carboxylic acids is 2. The third-order valence-corrected chi connectivity index (χ3v) is 3.82. The molecule has 2 aromatic rings. The molecule has 3 rings (SSSR count). The Morgan fingerprint density at radius 1 is 1.18 bits per heavy atom. The van der Waals surface area contributed by atoms with Crippen molar-refractivity contribution in [3.63, 3.8) is 0 Å². The maximum atomic E-state index is 12.4. The van der Waals surface area contributed by atoms with Crippen LogP contribution in [-0.4, -0.2) is 18.0 Å². The molecular weight excluding hydrogens is 278 g/mol. The second-order valence-electron chi connectivity index (χ2n) is 5.56. The minimum atomic E-state index is -0.789. The zero-order valence-electron chi connectivity index (χ0n) is 12.6. The minimum Gasteiger partial charge on any atom is -0.448 e. The van der Waals surface area contributed by atoms with Crippen molar-refractivity contribution in [1.29, 1.82) is 0 Å². The quantitative estimate of drug-likeness (QED) is 0.866. The third kappa shape index (κ3) is 2.72. The smallest absolute Gasteiger partial charge is 0.339 e. The summed E-state index contributed by atoms with van der Waals surface area (Å²) in [7, 11) is 0. The zero-order chi connectivity index (χ0) is 15.7. The first-order valence-electron chi connectivity index (χ1n) is 7.21. The van der Waals surface area contributed by atoms with Crippen LogP contribution >= 0.6 is 0 Å². The average Bonchev–Trinajstić information content (AvgIpc) is 2.50. The van der Waals surface area contributed by atoms with Crippen LogP contribution in [0.25, 0.3) is 0 Å². The Morgan fingerprint density at radius 2 is 1.95 bits per heavy atom. The van der Waals surface area contributed by atoms with E-state index >= 15 is 0 Å². The number of hydrogen-bond donors (Lipinski definition) is 1. The number of benzene rings is 2. The van der Waals surface area contributed by atoms with E-state index in [0.717, 1.165) is 22.4 Å². The molecule has 1 amide bonds. The molecule has 1 aliphatic rings. The summed E-state index contributed by atoms with van der Waals surface area (Å²) in [6, 6.07) is 13.0. The van der Waals surface area contributed by atoms with Gasteiger partial charge >= 0.3 is 5.97 Å². The number of rotatable bonds is 2. The summed E-state index contributed by atoms with van der Waals surface area (Å²) >= 11 is 0. The van der Waals surface area contributed by atoms with Gasteiger partial charge in [-0.3, -0.25) is 4.79 Å². The van der Waals surface area contributed by atoms with E-state index in [2.05, 4.69) is 5.32 Å². The van der Waals surface area contributed by atoms with E-state index in [-0.39, 0.29) is 5.91 Å². The predicted octanol–water partition coefficient (Wildman–Crippen LogP) is 3.02. The maximum absolute atomic E-state index is 12.4. The summed E-state index contributed by atoms with van der Waals surface area (Å²) < 4.78 is 5.26. The maximum Gasteiger partial charge on any atom is 0.339 e. The molecule has 0 aromatic heterocycles. The lowest BCUT2D eigenvalue weighted by Gasteiger charge is -2.24. The monoisotopic (exact) mass is 295 g/mol. The van der Waals surface area contributed by atoms with Crippen LogP contribution in [0.4, 0.5) is 5.69 Å². The first-order chi connectivity index (χ1) is 10.5. The van der Waals surface area contributed by atoms with Gasteiger partial charge < -0.3 is 10.1 Å². The summed E-state index contributed by atoms with van der Waals surface area (Å²) in [6.07, 6.45) is -0.387. The van der Waals surface area contributed by atoms with Gasteiger partial charge in [0.15, 0.2) is 6.10 Å². The van der Waals surface area contributed by atoms with Gasteiger partial charge in [0.25, 0.3) is 5.91 Å². The number of hydrogen-bond acceptors (Lipinski definition) is 3. The Labute approximate surface area is 129 Å². The first kappa shape index (κ1) is 14.3. The fraction of sp³-hybridized carbons (Fsp3) is 0.222. The van der Waals surface area contributed by atoms with E-state index in [0.29, 0.717) is 12.0 Å². The fourth-order valence-corrected chi connectivity index (χ4v) is 2.64. The molecule has 4 heteroatoms. The molecule has 0 aliphatic carbocycles. The van der Waals surface area contributed by atoms with Gasteiger partial charge in [-0.2, -0.15) is 0 Å². The van der Waals surface area contributed by atoms with Crippen LogP contribution in [0, 0.1) is 13.8 Å². The van der Waals surface area contributed by atoms with Gasteiger partial charge in [0.2, 0.25) is 0 Å². The van der Waals surface area contributed by atoms with Crippen LogP contribution in [0.5, 0.6) is 0 Å². The van der Waals surface area contributed by atoms with E-state index in [1.807, 2.05) is 44.2 Å². The van der Waals surface area contributed by atoms with Crippen molar-refractivity contribution in [2.24, 2.45) is 0 Å². The molecule has 0 bridgehead atoms. The Kier molecular flexibility index (Phi) is 3.67. The lowest BCUT2D eigenvalue weighted by molar-refractivity contribution is -0.125. The Hall–Kier alpha value is -2.62. The first-order valence-corrected chi connectivity index (χ1v) is 7.21. The second-order valence-corrected chi connectivity index (χ2v) is 5.56. The molecule has 1 atom stereocenters. The van der Waals surface area contributed by atoms with E-state index < -0.39 is 12.1 Å². The topological polar surface area (TPSA) is 55.4 Å². The molecule has 22 heavy (non-hydrogen) atoms. The predicted molar refractivity (Wildman–Crippen MR) is 83.9 cm³/mol. The van der Waals surface area contributed by atoms with Gasteiger partial charge in [0, 0.05) is 12.1 Å². The molecule has 0 radical (unpaired) electrons. The number of aryl methyl sites for hydroxylation is 2. The molecule has 112 valence electrons. The van der Waals surface area contributed by atoms with Gasteiger partial charge in [-0.15, -0.1) is 0 Å². The van der Waals surface area contributed by atoms with Crippen molar-refractivity contribution in [3.05, 3.63) is 64.7 Å². The highest BCUT2D eigenvalue weighted by Gasteiger charge is 2.31. The van der Waals surface area contributed by atoms with Crippen molar-refractivity contribution < 1.29 is 14.3 Å². The number of nitrogens with one attached hydrogen (secondary N) is 1. The van der Waals surface area contributed by atoms with Gasteiger partial charge in [-0.05, 0) is 37.1 Å². The normalized spacial score (nSPS) is 16.6. The Bertz CT molecular complexity index is 752. The molecule has 0 spiro atoms. The van der Waals surface area contributed by atoms with Crippen LogP contribution in [0.2, 0.25) is 0 Å². The number of ether oxygens (including phenoxy) is 1. The number of amides is 1. The lowest BCUT2D eigenvalue weighted by Crippen LogP contribution is -2.38. The molecule has 2 aromatic carbocycles. The van der Waals surface area contributed by atoms with Gasteiger partial charge in [-0.25, -0.2) is 4.79 Å². The van der Waals surface area contributed by atoms with Gasteiger partial charge in [-0.1, -0.05) is 35.9 Å². The standard InChI is InChI=1S/C18H17NO3/c1-11-7-8-15(12(2)9-11)19-17(20)16-10-13-5-3-4-6-14(13)18(21)22-16/h3-9,16H,10H2,1-2H3,(H,19,20). The van der Waals surface area contributed by atoms with Crippen molar-refractivity contribution in [1.82, 2.24) is 0 Å². The van der Waals surface area contributed by atoms with Crippen molar-refractivity contribution >= 4 is 17.6 Å². The highest BCUT2D eigenvalue weighted by molar-refractivity contribution is 6.00. The summed E-state index contributed by atoms with van der Waals surface area (Å²) in [5, 5.41) is 2.84. The average molecular weight is 295 g/mol. The van der Waals surface area contributed by atoms with Crippen LogP contribution in [-0.2, 0) is 16.0 Å². The molecule has 0 saturated carbocycles. The van der Waals surface area contributed by atoms with Gasteiger partial charge in [0.1, 0.15) is 0 Å². The largest absolute Gasteiger partial charge is 0.448 e. The molecule has 0 fully saturated rings. The summed E-state index contributed by atoms with van der Waals surface area (Å²) in [5.41, 5.74) is 4.24. The minimum absolute atomic E-state index is 0.296. The highest BCUT2D eigenvalue weighted by Crippen LogP contribution is 2.22. The Morgan fingerprint density at radius 3 is 2.73 bits per heavy atom. The number of fused-ring (bicyclic) bond motifs is 1. The number of esters is 1. The summed E-state index contributed by atoms with van der Waals surface area (Å²) in [5.74, 6) is -0.738. The molecule has 1 heterocycles. The number of anilines is 1. The van der Waals surface area contributed by atoms with E-state index in [4.69, 9.17) is 4.74 Å².